The van der Waals surface area contributed by atoms with Crippen LogP contribution in [-0.2, 0) is 6.54 Å². The largest absolute Gasteiger partial charge is 0.339 e. The number of hydrazine groups is 1. The maximum Gasteiger partial charge on any atom is 0.339 e. The van der Waals surface area contributed by atoms with E-state index >= 15 is 0 Å². The molecule has 3 aromatic rings. The number of amidine groups is 1. The predicted molar refractivity (Wildman–Crippen MR) is 129 cm³/mol. The van der Waals surface area contributed by atoms with E-state index in [0.717, 1.165) is 42.0 Å². The van der Waals surface area contributed by atoms with Gasteiger partial charge in [0.25, 0.3) is 11.7 Å². The Morgan fingerprint density at radius 2 is 1.61 bits per heavy atom. The lowest BCUT2D eigenvalue weighted by Crippen LogP contribution is -2.52. The van der Waals surface area contributed by atoms with Crippen molar-refractivity contribution >= 4 is 28.5 Å². The molecule has 0 unspecified atom stereocenters. The van der Waals surface area contributed by atoms with E-state index in [1.54, 1.807) is 6.07 Å². The standard InChI is InChI=1S/C26H29N5O2/c27-24(28)22-11-7-8-19(16-22)18-31(26(33)30-14-5-1-2-6-15-30)29-25(32)23-13-12-20-9-3-4-10-21(20)17-23/h3-4,7-13,16-17H,1-2,5-6,14-15,18H2,(H3,27,28)(H,29,32)/p+1. The van der Waals surface area contributed by atoms with Crippen LogP contribution in [0.4, 0.5) is 4.79 Å². The van der Waals surface area contributed by atoms with E-state index in [0.29, 0.717) is 24.2 Å². The molecule has 5 N–H and O–H groups in total. The highest BCUT2D eigenvalue weighted by atomic mass is 16.2. The summed E-state index contributed by atoms with van der Waals surface area (Å²) in [5, 5.41) is 9.17. The van der Waals surface area contributed by atoms with Crippen molar-refractivity contribution in [1.29, 1.82) is 0 Å². The zero-order valence-electron chi connectivity index (χ0n) is 18.7. The summed E-state index contributed by atoms with van der Waals surface area (Å²) in [6.07, 6.45) is 4.15. The van der Waals surface area contributed by atoms with Gasteiger partial charge in [-0.1, -0.05) is 55.3 Å². The maximum atomic E-state index is 13.4. The minimum atomic E-state index is -0.329. The normalized spacial score (nSPS) is 13.9. The monoisotopic (exact) mass is 444 g/mol. The van der Waals surface area contributed by atoms with Crippen molar-refractivity contribution in [3.63, 3.8) is 0 Å². The van der Waals surface area contributed by atoms with Gasteiger partial charge in [0.05, 0.1) is 12.1 Å². The third-order valence-corrected chi connectivity index (χ3v) is 5.96. The van der Waals surface area contributed by atoms with E-state index in [2.05, 4.69) is 5.43 Å². The molecule has 0 atom stereocenters. The highest BCUT2D eigenvalue weighted by molar-refractivity contribution is 5.99. The van der Waals surface area contributed by atoms with Crippen LogP contribution in [0.5, 0.6) is 0 Å². The first kappa shape index (κ1) is 22.3. The van der Waals surface area contributed by atoms with Gasteiger partial charge in [-0.2, -0.15) is 0 Å². The van der Waals surface area contributed by atoms with Crippen molar-refractivity contribution in [3.8, 4) is 0 Å². The van der Waals surface area contributed by atoms with Crippen LogP contribution in [-0.4, -0.2) is 40.8 Å². The summed E-state index contributed by atoms with van der Waals surface area (Å²) in [5.74, 6) is -0.118. The number of nitrogens with two attached hydrogens (primary N) is 2. The molecule has 1 fully saturated rings. The lowest BCUT2D eigenvalue weighted by atomic mass is 10.1. The average molecular weight is 445 g/mol. The molecule has 0 saturated carbocycles. The van der Waals surface area contributed by atoms with Gasteiger partial charge in [0, 0.05) is 18.7 Å². The van der Waals surface area contributed by atoms with Gasteiger partial charge in [0.1, 0.15) is 0 Å². The molecule has 0 aromatic heterocycles. The van der Waals surface area contributed by atoms with E-state index in [-0.39, 0.29) is 24.3 Å². The zero-order chi connectivity index (χ0) is 23.2. The quantitative estimate of drug-likeness (QED) is 0.327. The smallest absolute Gasteiger partial charge is 0.323 e. The van der Waals surface area contributed by atoms with Gasteiger partial charge in [0.2, 0.25) is 0 Å². The number of likely N-dealkylation sites (tertiary alicyclic amines) is 1. The summed E-state index contributed by atoms with van der Waals surface area (Å²) in [7, 11) is 0. The van der Waals surface area contributed by atoms with Crippen LogP contribution in [0.25, 0.3) is 10.8 Å². The summed E-state index contributed by atoms with van der Waals surface area (Å²) >= 11 is 0. The first-order valence-corrected chi connectivity index (χ1v) is 11.3. The molecular weight excluding hydrogens is 414 g/mol. The number of fused-ring (bicyclic) bond motifs is 1. The van der Waals surface area contributed by atoms with Crippen molar-refractivity contribution in [2.45, 2.75) is 32.2 Å². The molecule has 3 amide bonds. The molecule has 1 heterocycles. The number of urea groups is 1. The van der Waals surface area contributed by atoms with Crippen molar-refractivity contribution < 1.29 is 15.0 Å². The highest BCUT2D eigenvalue weighted by Gasteiger charge is 2.24. The van der Waals surface area contributed by atoms with Crippen molar-refractivity contribution in [3.05, 3.63) is 83.4 Å². The molecular formula is C26H30N5O2+. The van der Waals surface area contributed by atoms with Crippen LogP contribution >= 0.6 is 0 Å². The van der Waals surface area contributed by atoms with E-state index in [1.165, 1.54) is 5.01 Å². The minimum absolute atomic E-state index is 0.204. The summed E-state index contributed by atoms with van der Waals surface area (Å²) in [4.78, 5) is 28.4. The fourth-order valence-corrected chi connectivity index (χ4v) is 4.14. The number of benzene rings is 3. The van der Waals surface area contributed by atoms with E-state index in [4.69, 9.17) is 11.1 Å². The van der Waals surface area contributed by atoms with Crippen molar-refractivity contribution in [2.75, 3.05) is 13.1 Å². The van der Waals surface area contributed by atoms with E-state index in [1.807, 2.05) is 65.6 Å². The third-order valence-electron chi connectivity index (χ3n) is 5.96. The van der Waals surface area contributed by atoms with Gasteiger partial charge in [0.15, 0.2) is 0 Å². The fraction of sp³-hybridized carbons (Fsp3) is 0.269. The number of nitrogens with zero attached hydrogens (tertiary/aromatic N) is 2. The molecule has 7 heteroatoms. The summed E-state index contributed by atoms with van der Waals surface area (Å²) in [6.45, 7) is 1.57. The highest BCUT2D eigenvalue weighted by Crippen LogP contribution is 2.17. The topological polar surface area (TPSA) is 104 Å². The van der Waals surface area contributed by atoms with Crippen LogP contribution in [0.2, 0.25) is 0 Å². The Hall–Kier alpha value is -3.87. The maximum absolute atomic E-state index is 13.4. The summed E-state index contributed by atoms with van der Waals surface area (Å²) in [6, 6.07) is 20.5. The van der Waals surface area contributed by atoms with Crippen LogP contribution in [0.1, 0.15) is 47.2 Å². The SMILES string of the molecule is NC(=[NH2+])c1cccc(CN(NC(=O)c2ccc3ccccc3c2)C(=O)N2CCCCCC2)c1. The lowest BCUT2D eigenvalue weighted by Gasteiger charge is -2.30. The van der Waals surface area contributed by atoms with Crippen LogP contribution in [0.3, 0.4) is 0 Å². The molecule has 0 radical (unpaired) electrons. The Kier molecular flexibility index (Phi) is 6.88. The molecule has 1 aliphatic heterocycles. The van der Waals surface area contributed by atoms with Gasteiger partial charge < -0.3 is 4.90 Å². The second-order valence-electron chi connectivity index (χ2n) is 8.43. The number of rotatable bonds is 4. The second kappa shape index (κ2) is 10.2. The van der Waals surface area contributed by atoms with Crippen molar-refractivity contribution in [2.24, 2.45) is 5.73 Å². The number of carbonyl (C=O) groups excluding carboxylic acids is 2. The number of hydrogen-bond acceptors (Lipinski definition) is 2. The fourth-order valence-electron chi connectivity index (χ4n) is 4.14. The summed E-state index contributed by atoms with van der Waals surface area (Å²) in [5.41, 5.74) is 10.6. The van der Waals surface area contributed by atoms with Gasteiger partial charge in [-0.3, -0.25) is 21.4 Å². The Bertz CT molecular complexity index is 1170. The number of carbonyl (C=O) groups is 2. The van der Waals surface area contributed by atoms with Gasteiger partial charge in [-0.15, -0.1) is 0 Å². The molecule has 4 rings (SSSR count). The van der Waals surface area contributed by atoms with E-state index in [9.17, 15) is 9.59 Å². The second-order valence-corrected chi connectivity index (χ2v) is 8.43. The Labute approximate surface area is 193 Å². The molecule has 1 aliphatic rings. The molecule has 3 aromatic carbocycles. The van der Waals surface area contributed by atoms with Gasteiger partial charge in [-0.05, 0) is 53.4 Å². The Balaban J connectivity index is 1.59. The molecule has 0 spiro atoms. The average Bonchev–Trinajstić information content (AvgIpc) is 3.12. The molecule has 0 aliphatic carbocycles. The zero-order valence-corrected chi connectivity index (χ0v) is 18.7. The lowest BCUT2D eigenvalue weighted by molar-refractivity contribution is -0.114. The molecule has 170 valence electrons. The van der Waals surface area contributed by atoms with Gasteiger partial charge >= 0.3 is 6.03 Å². The molecule has 0 bridgehead atoms. The van der Waals surface area contributed by atoms with Crippen molar-refractivity contribution in [1.82, 2.24) is 15.3 Å². The molecule has 7 nitrogen and oxygen atoms in total. The first-order valence-electron chi connectivity index (χ1n) is 11.3. The molecule has 1 saturated heterocycles. The predicted octanol–water partition coefficient (Wildman–Crippen LogP) is 2.45. The third kappa shape index (κ3) is 5.49. The first-order chi connectivity index (χ1) is 16.0. The number of nitrogens with one attached hydrogen (secondary N) is 1. The molecule has 33 heavy (non-hydrogen) atoms. The minimum Gasteiger partial charge on any atom is -0.323 e. The summed E-state index contributed by atoms with van der Waals surface area (Å²) < 4.78 is 0. The Morgan fingerprint density at radius 1 is 0.879 bits per heavy atom. The van der Waals surface area contributed by atoms with Crippen LogP contribution in [0.15, 0.2) is 66.7 Å². The number of amides is 3. The van der Waals surface area contributed by atoms with E-state index < -0.39 is 0 Å². The van der Waals surface area contributed by atoms with Crippen LogP contribution < -0.4 is 16.6 Å². The Morgan fingerprint density at radius 3 is 2.33 bits per heavy atom. The number of hydrogen-bond donors (Lipinski definition) is 3. The van der Waals surface area contributed by atoms with Gasteiger partial charge in [-0.25, -0.2) is 9.80 Å². The van der Waals surface area contributed by atoms with Crippen LogP contribution in [0, 0.1) is 0 Å².